The van der Waals surface area contributed by atoms with Gasteiger partial charge < -0.3 is 4.74 Å². The van der Waals surface area contributed by atoms with Gasteiger partial charge in [-0.05, 0) is 36.1 Å². The molecule has 0 saturated carbocycles. The van der Waals surface area contributed by atoms with Gasteiger partial charge in [-0.2, -0.15) is 0 Å². The fourth-order valence-electron chi connectivity index (χ4n) is 2.25. The van der Waals surface area contributed by atoms with E-state index in [-0.39, 0.29) is 12.3 Å². The number of carbonyl (C=O) groups is 2. The van der Waals surface area contributed by atoms with Crippen molar-refractivity contribution in [3.8, 4) is 5.75 Å². The third-order valence-electron chi connectivity index (χ3n) is 3.76. The molecule has 5 heteroatoms. The molecular weight excluding hydrogens is 316 g/mol. The SMILES string of the molecule is CC(Oc1ccc(C(C)C)cc1)C(=O)NNC(=O)Cc1ccccc1. The van der Waals surface area contributed by atoms with Crippen LogP contribution in [0.15, 0.2) is 54.6 Å². The summed E-state index contributed by atoms with van der Waals surface area (Å²) in [4.78, 5) is 23.9. The molecule has 0 radical (unpaired) electrons. The Bertz CT molecular complexity index is 697. The van der Waals surface area contributed by atoms with E-state index >= 15 is 0 Å². The van der Waals surface area contributed by atoms with Crippen molar-refractivity contribution in [3.63, 3.8) is 0 Å². The molecule has 0 spiro atoms. The fourth-order valence-corrected chi connectivity index (χ4v) is 2.25. The molecule has 2 rings (SSSR count). The number of carbonyl (C=O) groups excluding carboxylic acids is 2. The first-order valence-corrected chi connectivity index (χ1v) is 8.35. The predicted molar refractivity (Wildman–Crippen MR) is 97.1 cm³/mol. The summed E-state index contributed by atoms with van der Waals surface area (Å²) in [7, 11) is 0. The summed E-state index contributed by atoms with van der Waals surface area (Å²) < 4.78 is 5.60. The highest BCUT2D eigenvalue weighted by molar-refractivity contribution is 5.85. The fraction of sp³-hybridized carbons (Fsp3) is 0.300. The molecule has 5 nitrogen and oxygen atoms in total. The summed E-state index contributed by atoms with van der Waals surface area (Å²) in [6, 6.07) is 17.0. The van der Waals surface area contributed by atoms with Gasteiger partial charge in [-0.15, -0.1) is 0 Å². The molecule has 0 bridgehead atoms. The molecule has 2 N–H and O–H groups in total. The Labute approximate surface area is 148 Å². The molecule has 0 fully saturated rings. The third-order valence-corrected chi connectivity index (χ3v) is 3.76. The number of benzene rings is 2. The molecule has 1 atom stereocenters. The van der Waals surface area contributed by atoms with Gasteiger partial charge >= 0.3 is 0 Å². The predicted octanol–water partition coefficient (Wildman–Crippen LogP) is 2.97. The van der Waals surface area contributed by atoms with Crippen LogP contribution in [0.2, 0.25) is 0 Å². The Morgan fingerprint density at radius 2 is 1.56 bits per heavy atom. The topological polar surface area (TPSA) is 67.4 Å². The normalized spacial score (nSPS) is 11.7. The van der Waals surface area contributed by atoms with E-state index in [1.54, 1.807) is 6.92 Å². The highest BCUT2D eigenvalue weighted by Crippen LogP contribution is 2.19. The van der Waals surface area contributed by atoms with Crippen LogP contribution in [0.4, 0.5) is 0 Å². The van der Waals surface area contributed by atoms with E-state index in [2.05, 4.69) is 24.7 Å². The molecule has 0 aliphatic rings. The average molecular weight is 340 g/mol. The molecule has 0 aliphatic heterocycles. The van der Waals surface area contributed by atoms with Crippen LogP contribution >= 0.6 is 0 Å². The standard InChI is InChI=1S/C20H24N2O3/c1-14(2)17-9-11-18(12-10-17)25-15(3)20(24)22-21-19(23)13-16-7-5-4-6-8-16/h4-12,14-15H,13H2,1-3H3,(H,21,23)(H,22,24). The second kappa shape index (κ2) is 8.87. The van der Waals surface area contributed by atoms with Crippen molar-refractivity contribution < 1.29 is 14.3 Å². The van der Waals surface area contributed by atoms with Crippen molar-refractivity contribution in [2.24, 2.45) is 0 Å². The first kappa shape index (κ1) is 18.5. The van der Waals surface area contributed by atoms with E-state index in [9.17, 15) is 9.59 Å². The van der Waals surface area contributed by atoms with Crippen LogP contribution in [-0.4, -0.2) is 17.9 Å². The second-order valence-electron chi connectivity index (χ2n) is 6.18. The third kappa shape index (κ3) is 5.95. The van der Waals surface area contributed by atoms with Crippen molar-refractivity contribution >= 4 is 11.8 Å². The number of ether oxygens (including phenoxy) is 1. The van der Waals surface area contributed by atoms with Gasteiger partial charge in [0, 0.05) is 0 Å². The van der Waals surface area contributed by atoms with E-state index in [4.69, 9.17) is 4.74 Å². The summed E-state index contributed by atoms with van der Waals surface area (Å²) in [5.41, 5.74) is 6.88. The molecular formula is C20H24N2O3. The molecule has 2 aromatic rings. The molecule has 2 amide bonds. The molecule has 2 aromatic carbocycles. The highest BCUT2D eigenvalue weighted by Gasteiger charge is 2.15. The summed E-state index contributed by atoms with van der Waals surface area (Å²) in [5, 5.41) is 0. The van der Waals surface area contributed by atoms with Crippen LogP contribution in [-0.2, 0) is 16.0 Å². The van der Waals surface area contributed by atoms with Crippen LogP contribution in [0.25, 0.3) is 0 Å². The summed E-state index contributed by atoms with van der Waals surface area (Å²) in [6.45, 7) is 5.86. The molecule has 0 aromatic heterocycles. The van der Waals surface area contributed by atoms with E-state index in [0.29, 0.717) is 11.7 Å². The van der Waals surface area contributed by atoms with Gasteiger partial charge in [0.25, 0.3) is 5.91 Å². The van der Waals surface area contributed by atoms with Gasteiger partial charge in [-0.1, -0.05) is 56.3 Å². The van der Waals surface area contributed by atoms with Crippen LogP contribution in [0.3, 0.4) is 0 Å². The number of nitrogens with one attached hydrogen (secondary N) is 2. The summed E-state index contributed by atoms with van der Waals surface area (Å²) >= 11 is 0. The number of rotatable bonds is 6. The Balaban J connectivity index is 1.78. The maximum atomic E-state index is 12.0. The largest absolute Gasteiger partial charge is 0.481 e. The van der Waals surface area contributed by atoms with Crippen LogP contribution in [0.1, 0.15) is 37.8 Å². The first-order valence-electron chi connectivity index (χ1n) is 8.35. The van der Waals surface area contributed by atoms with Gasteiger partial charge in [-0.3, -0.25) is 20.4 Å². The maximum Gasteiger partial charge on any atom is 0.279 e. The van der Waals surface area contributed by atoms with E-state index in [0.717, 1.165) is 5.56 Å². The summed E-state index contributed by atoms with van der Waals surface area (Å²) in [6.07, 6.45) is -0.519. The summed E-state index contributed by atoms with van der Waals surface area (Å²) in [5.74, 6) is 0.361. The zero-order valence-corrected chi connectivity index (χ0v) is 14.8. The van der Waals surface area contributed by atoms with Crippen molar-refractivity contribution in [2.75, 3.05) is 0 Å². The number of hydrogen-bond donors (Lipinski definition) is 2. The average Bonchev–Trinajstić information content (AvgIpc) is 2.61. The smallest absolute Gasteiger partial charge is 0.279 e. The van der Waals surface area contributed by atoms with Gasteiger partial charge in [0.15, 0.2) is 6.10 Å². The molecule has 0 aliphatic carbocycles. The monoisotopic (exact) mass is 340 g/mol. The number of amides is 2. The van der Waals surface area contributed by atoms with E-state index in [1.165, 1.54) is 5.56 Å². The van der Waals surface area contributed by atoms with Crippen LogP contribution in [0.5, 0.6) is 5.75 Å². The van der Waals surface area contributed by atoms with Crippen molar-refractivity contribution in [2.45, 2.75) is 39.2 Å². The maximum absolute atomic E-state index is 12.0. The highest BCUT2D eigenvalue weighted by atomic mass is 16.5. The Morgan fingerprint density at radius 3 is 2.16 bits per heavy atom. The molecule has 132 valence electrons. The number of hydrogen-bond acceptors (Lipinski definition) is 3. The van der Waals surface area contributed by atoms with Gasteiger partial charge in [0.05, 0.1) is 6.42 Å². The minimum absolute atomic E-state index is 0.201. The molecule has 0 saturated heterocycles. The molecule has 25 heavy (non-hydrogen) atoms. The lowest BCUT2D eigenvalue weighted by Gasteiger charge is -2.16. The van der Waals surface area contributed by atoms with Gasteiger partial charge in [-0.25, -0.2) is 0 Å². The minimum atomic E-state index is -0.720. The lowest BCUT2D eigenvalue weighted by molar-refractivity contribution is -0.132. The first-order chi connectivity index (χ1) is 12.0. The quantitative estimate of drug-likeness (QED) is 0.795. The molecule has 0 heterocycles. The Morgan fingerprint density at radius 1 is 0.920 bits per heavy atom. The van der Waals surface area contributed by atoms with Crippen LogP contribution in [0, 0.1) is 0 Å². The lowest BCUT2D eigenvalue weighted by atomic mass is 10.0. The number of hydrazine groups is 1. The van der Waals surface area contributed by atoms with Crippen molar-refractivity contribution in [3.05, 3.63) is 65.7 Å². The lowest BCUT2D eigenvalue weighted by Crippen LogP contribution is -2.47. The Hall–Kier alpha value is -2.82. The van der Waals surface area contributed by atoms with Crippen molar-refractivity contribution in [1.82, 2.24) is 10.9 Å². The Kier molecular flexibility index (Phi) is 6.57. The minimum Gasteiger partial charge on any atom is -0.481 e. The zero-order valence-electron chi connectivity index (χ0n) is 14.8. The zero-order chi connectivity index (χ0) is 18.2. The van der Waals surface area contributed by atoms with E-state index < -0.39 is 12.0 Å². The van der Waals surface area contributed by atoms with E-state index in [1.807, 2.05) is 54.6 Å². The van der Waals surface area contributed by atoms with Crippen molar-refractivity contribution in [1.29, 1.82) is 0 Å². The van der Waals surface area contributed by atoms with Gasteiger partial charge in [0.2, 0.25) is 5.91 Å². The van der Waals surface area contributed by atoms with Gasteiger partial charge in [0.1, 0.15) is 5.75 Å². The van der Waals surface area contributed by atoms with Crippen LogP contribution < -0.4 is 15.6 Å². The molecule has 1 unspecified atom stereocenters. The second-order valence-corrected chi connectivity index (χ2v) is 6.18.